The maximum absolute atomic E-state index is 12.1. The van der Waals surface area contributed by atoms with E-state index in [1.54, 1.807) is 0 Å². The number of benzene rings is 1. The number of alkyl halides is 1. The SMILES string of the molecule is Cc1cc(CNCC(C)C)cc(C)c1OCCF. The Morgan fingerprint density at radius 1 is 1.22 bits per heavy atom. The Bertz CT molecular complexity index is 354. The summed E-state index contributed by atoms with van der Waals surface area (Å²) in [6.45, 7) is 9.96. The molecule has 0 aliphatic heterocycles. The molecule has 0 aliphatic rings. The second-order valence-corrected chi connectivity index (χ2v) is 5.12. The number of rotatable bonds is 7. The predicted molar refractivity (Wildman–Crippen MR) is 73.9 cm³/mol. The molecule has 3 heteroatoms. The van der Waals surface area contributed by atoms with Crippen LogP contribution in [0.4, 0.5) is 4.39 Å². The van der Waals surface area contributed by atoms with Crippen LogP contribution >= 0.6 is 0 Å². The van der Waals surface area contributed by atoms with E-state index in [-0.39, 0.29) is 6.61 Å². The van der Waals surface area contributed by atoms with E-state index in [0.717, 1.165) is 30.0 Å². The van der Waals surface area contributed by atoms with E-state index in [9.17, 15) is 4.39 Å². The molecule has 0 atom stereocenters. The second-order valence-electron chi connectivity index (χ2n) is 5.12. The van der Waals surface area contributed by atoms with Crippen molar-refractivity contribution in [1.82, 2.24) is 5.32 Å². The maximum atomic E-state index is 12.1. The van der Waals surface area contributed by atoms with Crippen LogP contribution in [0.1, 0.15) is 30.5 Å². The van der Waals surface area contributed by atoms with Crippen LogP contribution in [-0.2, 0) is 6.54 Å². The minimum atomic E-state index is -0.448. The molecular formula is C15H24FNO. The fourth-order valence-corrected chi connectivity index (χ4v) is 2.02. The molecule has 0 radical (unpaired) electrons. The van der Waals surface area contributed by atoms with E-state index in [2.05, 4.69) is 31.3 Å². The molecule has 0 heterocycles. The summed E-state index contributed by atoms with van der Waals surface area (Å²) < 4.78 is 17.5. The summed E-state index contributed by atoms with van der Waals surface area (Å²) in [6, 6.07) is 4.21. The first kappa shape index (κ1) is 15.0. The van der Waals surface area contributed by atoms with Gasteiger partial charge in [-0.2, -0.15) is 0 Å². The molecule has 1 aromatic rings. The summed E-state index contributed by atoms with van der Waals surface area (Å²) in [7, 11) is 0. The Kier molecular flexibility index (Phi) is 6.13. The van der Waals surface area contributed by atoms with Crippen molar-refractivity contribution in [3.8, 4) is 5.75 Å². The van der Waals surface area contributed by atoms with Crippen molar-refractivity contribution in [2.24, 2.45) is 5.92 Å². The van der Waals surface area contributed by atoms with Gasteiger partial charge in [0.1, 0.15) is 19.0 Å². The quantitative estimate of drug-likeness (QED) is 0.804. The molecule has 2 nitrogen and oxygen atoms in total. The number of aryl methyl sites for hydroxylation is 2. The zero-order valence-electron chi connectivity index (χ0n) is 11.8. The maximum Gasteiger partial charge on any atom is 0.125 e. The van der Waals surface area contributed by atoms with Crippen molar-refractivity contribution in [3.05, 3.63) is 28.8 Å². The van der Waals surface area contributed by atoms with Gasteiger partial charge in [0.15, 0.2) is 0 Å². The highest BCUT2D eigenvalue weighted by molar-refractivity contribution is 5.43. The van der Waals surface area contributed by atoms with Gasteiger partial charge in [0.2, 0.25) is 0 Å². The van der Waals surface area contributed by atoms with E-state index < -0.39 is 6.67 Å². The van der Waals surface area contributed by atoms with Gasteiger partial charge >= 0.3 is 0 Å². The molecular weight excluding hydrogens is 229 g/mol. The molecule has 0 unspecified atom stereocenters. The van der Waals surface area contributed by atoms with Crippen LogP contribution < -0.4 is 10.1 Å². The van der Waals surface area contributed by atoms with Gasteiger partial charge in [0.05, 0.1) is 0 Å². The third-order valence-corrected chi connectivity index (χ3v) is 2.73. The first-order chi connectivity index (χ1) is 8.54. The third kappa shape index (κ3) is 4.65. The highest BCUT2D eigenvalue weighted by Crippen LogP contribution is 2.24. The molecule has 0 fully saturated rings. The van der Waals surface area contributed by atoms with Crippen molar-refractivity contribution in [3.63, 3.8) is 0 Å². The fourth-order valence-electron chi connectivity index (χ4n) is 2.02. The van der Waals surface area contributed by atoms with E-state index in [4.69, 9.17) is 4.74 Å². The summed E-state index contributed by atoms with van der Waals surface area (Å²) in [5, 5.41) is 3.42. The Balaban J connectivity index is 2.67. The fraction of sp³-hybridized carbons (Fsp3) is 0.600. The van der Waals surface area contributed by atoms with Crippen molar-refractivity contribution in [2.45, 2.75) is 34.2 Å². The highest BCUT2D eigenvalue weighted by Gasteiger charge is 2.06. The summed E-state index contributed by atoms with van der Waals surface area (Å²) in [5.74, 6) is 1.47. The van der Waals surface area contributed by atoms with Crippen LogP contribution in [0.3, 0.4) is 0 Å². The third-order valence-electron chi connectivity index (χ3n) is 2.73. The number of nitrogens with one attached hydrogen (secondary N) is 1. The number of hydrogen-bond acceptors (Lipinski definition) is 2. The Morgan fingerprint density at radius 3 is 2.33 bits per heavy atom. The van der Waals surface area contributed by atoms with Crippen LogP contribution in [0.2, 0.25) is 0 Å². The average molecular weight is 253 g/mol. The lowest BCUT2D eigenvalue weighted by atomic mass is 10.1. The van der Waals surface area contributed by atoms with Gasteiger partial charge in [-0.25, -0.2) is 4.39 Å². The Labute approximate surface area is 110 Å². The van der Waals surface area contributed by atoms with Gasteiger partial charge in [-0.3, -0.25) is 0 Å². The summed E-state index contributed by atoms with van der Waals surface area (Å²) in [5.41, 5.74) is 3.40. The molecule has 102 valence electrons. The summed E-state index contributed by atoms with van der Waals surface area (Å²) in [4.78, 5) is 0. The number of halogens is 1. The van der Waals surface area contributed by atoms with Gasteiger partial charge in [0.25, 0.3) is 0 Å². The lowest BCUT2D eigenvalue weighted by Crippen LogP contribution is -2.19. The molecule has 0 amide bonds. The van der Waals surface area contributed by atoms with E-state index >= 15 is 0 Å². The van der Waals surface area contributed by atoms with Gasteiger partial charge in [-0.05, 0) is 43.0 Å². The lowest BCUT2D eigenvalue weighted by Gasteiger charge is -2.14. The van der Waals surface area contributed by atoms with Gasteiger partial charge in [-0.15, -0.1) is 0 Å². The average Bonchev–Trinajstić information content (AvgIpc) is 2.27. The Morgan fingerprint density at radius 2 is 1.83 bits per heavy atom. The normalized spacial score (nSPS) is 11.0. The first-order valence-electron chi connectivity index (χ1n) is 6.54. The van der Waals surface area contributed by atoms with Gasteiger partial charge in [-0.1, -0.05) is 26.0 Å². The van der Waals surface area contributed by atoms with Crippen LogP contribution in [-0.4, -0.2) is 19.8 Å². The van der Waals surface area contributed by atoms with Crippen molar-refractivity contribution < 1.29 is 9.13 Å². The van der Waals surface area contributed by atoms with Gasteiger partial charge < -0.3 is 10.1 Å². The van der Waals surface area contributed by atoms with E-state index in [1.165, 1.54) is 5.56 Å². The lowest BCUT2D eigenvalue weighted by molar-refractivity contribution is 0.270. The smallest absolute Gasteiger partial charge is 0.125 e. The van der Waals surface area contributed by atoms with Crippen LogP contribution in [0.25, 0.3) is 0 Å². The zero-order valence-corrected chi connectivity index (χ0v) is 11.8. The van der Waals surface area contributed by atoms with Crippen LogP contribution in [0.5, 0.6) is 5.75 Å². The molecule has 0 spiro atoms. The van der Waals surface area contributed by atoms with Crippen molar-refractivity contribution >= 4 is 0 Å². The molecule has 0 bridgehead atoms. The monoisotopic (exact) mass is 253 g/mol. The molecule has 1 N–H and O–H groups in total. The molecule has 0 saturated heterocycles. The minimum absolute atomic E-state index is 0.132. The van der Waals surface area contributed by atoms with Crippen molar-refractivity contribution in [2.75, 3.05) is 19.8 Å². The first-order valence-corrected chi connectivity index (χ1v) is 6.54. The largest absolute Gasteiger partial charge is 0.490 e. The molecule has 0 aromatic heterocycles. The number of ether oxygens (including phenoxy) is 1. The predicted octanol–water partition coefficient (Wildman–Crippen LogP) is 3.40. The summed E-state index contributed by atoms with van der Waals surface area (Å²) in [6.07, 6.45) is 0. The minimum Gasteiger partial charge on any atom is -0.490 e. The van der Waals surface area contributed by atoms with Crippen LogP contribution in [0.15, 0.2) is 12.1 Å². The van der Waals surface area contributed by atoms with Gasteiger partial charge in [0, 0.05) is 6.54 Å². The standard InChI is InChI=1S/C15H24FNO/c1-11(2)9-17-10-14-7-12(3)15(13(4)8-14)18-6-5-16/h7-8,11,17H,5-6,9-10H2,1-4H3. The molecule has 18 heavy (non-hydrogen) atoms. The van der Waals surface area contributed by atoms with Crippen LogP contribution in [0, 0.1) is 19.8 Å². The summed E-state index contributed by atoms with van der Waals surface area (Å²) >= 11 is 0. The van der Waals surface area contributed by atoms with Crippen molar-refractivity contribution in [1.29, 1.82) is 0 Å². The molecule has 1 rings (SSSR count). The second kappa shape index (κ2) is 7.37. The topological polar surface area (TPSA) is 21.3 Å². The zero-order chi connectivity index (χ0) is 13.5. The van der Waals surface area contributed by atoms with E-state index in [1.807, 2.05) is 13.8 Å². The molecule has 0 saturated carbocycles. The highest BCUT2D eigenvalue weighted by atomic mass is 19.1. The Hall–Kier alpha value is -1.09. The van der Waals surface area contributed by atoms with E-state index in [0.29, 0.717) is 5.92 Å². The molecule has 1 aromatic carbocycles. The number of hydrogen-bond donors (Lipinski definition) is 1. The molecule has 0 aliphatic carbocycles.